The summed E-state index contributed by atoms with van der Waals surface area (Å²) in [6.07, 6.45) is 5.85. The Morgan fingerprint density at radius 1 is 0.895 bits per heavy atom. The summed E-state index contributed by atoms with van der Waals surface area (Å²) in [6, 6.07) is 28.4. The van der Waals surface area contributed by atoms with Crippen molar-refractivity contribution in [2.24, 2.45) is 5.41 Å². The maximum atomic E-state index is 10.1. The molecule has 0 aliphatic heterocycles. The predicted molar refractivity (Wildman–Crippen MR) is 151 cm³/mol. The zero-order valence-electron chi connectivity index (χ0n) is 21.8. The largest absolute Gasteiger partial charge is 0.305 e. The second-order valence-electron chi connectivity index (χ2n) is 10.1. The maximum Gasteiger partial charge on any atom is 0.115 e. The molecule has 5 nitrogen and oxygen atoms in total. The van der Waals surface area contributed by atoms with Gasteiger partial charge in [0.05, 0.1) is 29.2 Å². The van der Waals surface area contributed by atoms with Gasteiger partial charge in [0.15, 0.2) is 0 Å². The monoisotopic (exact) mass is 519 g/mol. The molecule has 0 bridgehead atoms. The van der Waals surface area contributed by atoms with E-state index in [0.29, 0.717) is 10.6 Å². The normalized spacial score (nSPS) is 13.6. The molecule has 4 rings (SSSR count). The fraction of sp³-hybridized carbons (Fsp3) is 0.250. The van der Waals surface area contributed by atoms with Gasteiger partial charge in [-0.25, -0.2) is 9.97 Å². The first-order valence-corrected chi connectivity index (χ1v) is 13.0. The predicted octanol–water partition coefficient (Wildman–Crippen LogP) is 7.26. The Morgan fingerprint density at radius 3 is 2.21 bits per heavy atom. The Labute approximate surface area is 229 Å². The van der Waals surface area contributed by atoms with Gasteiger partial charge in [-0.15, -0.1) is 0 Å². The summed E-state index contributed by atoms with van der Waals surface area (Å²) < 4.78 is 0. The molecule has 3 atom stereocenters. The van der Waals surface area contributed by atoms with Crippen LogP contribution in [0.5, 0.6) is 0 Å². The van der Waals surface area contributed by atoms with Crippen molar-refractivity contribution in [2.45, 2.75) is 45.2 Å². The summed E-state index contributed by atoms with van der Waals surface area (Å²) in [5, 5.41) is 24.1. The molecule has 6 heteroatoms. The van der Waals surface area contributed by atoms with Crippen molar-refractivity contribution in [3.63, 3.8) is 0 Å². The molecule has 38 heavy (non-hydrogen) atoms. The first-order valence-electron chi connectivity index (χ1n) is 12.6. The molecule has 0 radical (unpaired) electrons. The van der Waals surface area contributed by atoms with E-state index in [1.165, 1.54) is 6.33 Å². The van der Waals surface area contributed by atoms with Crippen LogP contribution in [0.25, 0.3) is 11.1 Å². The van der Waals surface area contributed by atoms with E-state index in [-0.39, 0.29) is 18.0 Å². The molecule has 0 saturated heterocycles. The molecule has 1 N–H and O–H groups in total. The van der Waals surface area contributed by atoms with Crippen LogP contribution in [-0.2, 0) is 6.42 Å². The Balaban J connectivity index is 1.67. The van der Waals surface area contributed by atoms with Gasteiger partial charge < -0.3 is 5.32 Å². The fourth-order valence-corrected chi connectivity index (χ4v) is 4.90. The van der Waals surface area contributed by atoms with Crippen molar-refractivity contribution < 1.29 is 0 Å². The second kappa shape index (κ2) is 12.0. The van der Waals surface area contributed by atoms with Gasteiger partial charge >= 0.3 is 0 Å². The lowest BCUT2D eigenvalue weighted by atomic mass is 9.79. The Bertz CT molecular complexity index is 1430. The molecule has 3 aromatic carbocycles. The molecule has 0 aliphatic carbocycles. The fourth-order valence-electron chi connectivity index (χ4n) is 4.78. The van der Waals surface area contributed by atoms with Crippen LogP contribution in [0.1, 0.15) is 55.0 Å². The molecule has 1 heterocycles. The molecule has 0 fully saturated rings. The second-order valence-corrected chi connectivity index (χ2v) is 10.6. The van der Waals surface area contributed by atoms with Crippen molar-refractivity contribution in [1.29, 1.82) is 10.5 Å². The zero-order valence-corrected chi connectivity index (χ0v) is 22.5. The van der Waals surface area contributed by atoms with Crippen molar-refractivity contribution in [3.05, 3.63) is 119 Å². The van der Waals surface area contributed by atoms with E-state index in [4.69, 9.17) is 11.6 Å². The topological polar surface area (TPSA) is 85.4 Å². The average Bonchev–Trinajstić information content (AvgIpc) is 2.96. The number of hydrogen-bond acceptors (Lipinski definition) is 5. The van der Waals surface area contributed by atoms with Gasteiger partial charge in [-0.05, 0) is 73.7 Å². The smallest absolute Gasteiger partial charge is 0.115 e. The number of aromatic nitrogens is 2. The summed E-state index contributed by atoms with van der Waals surface area (Å²) in [6.45, 7) is 6.07. The number of nitrogens with zero attached hydrogens (tertiary/aromatic N) is 4. The van der Waals surface area contributed by atoms with Crippen molar-refractivity contribution >= 4 is 11.6 Å². The minimum Gasteiger partial charge on any atom is -0.305 e. The van der Waals surface area contributed by atoms with Gasteiger partial charge in [-0.1, -0.05) is 60.1 Å². The van der Waals surface area contributed by atoms with Gasteiger partial charge in [-0.2, -0.15) is 10.5 Å². The summed E-state index contributed by atoms with van der Waals surface area (Å²) in [5.41, 5.74) is 5.17. The Hall–Kier alpha value is -4.03. The Morgan fingerprint density at radius 2 is 1.58 bits per heavy atom. The van der Waals surface area contributed by atoms with E-state index in [0.717, 1.165) is 34.2 Å². The third-order valence-corrected chi connectivity index (χ3v) is 7.25. The van der Waals surface area contributed by atoms with Crippen LogP contribution >= 0.6 is 11.6 Å². The molecular formula is C32H30ClN5. The van der Waals surface area contributed by atoms with Crippen LogP contribution < -0.4 is 5.32 Å². The lowest BCUT2D eigenvalue weighted by Crippen LogP contribution is -2.42. The van der Waals surface area contributed by atoms with Gasteiger partial charge in [-0.3, -0.25) is 0 Å². The van der Waals surface area contributed by atoms with E-state index < -0.39 is 5.41 Å². The number of halogens is 1. The molecule has 190 valence electrons. The van der Waals surface area contributed by atoms with Gasteiger partial charge in [0.1, 0.15) is 6.33 Å². The maximum absolute atomic E-state index is 10.1. The molecular weight excluding hydrogens is 490 g/mol. The van der Waals surface area contributed by atoms with Crippen LogP contribution in [0.3, 0.4) is 0 Å². The first-order chi connectivity index (χ1) is 18.3. The van der Waals surface area contributed by atoms with Crippen molar-refractivity contribution in [1.82, 2.24) is 15.3 Å². The van der Waals surface area contributed by atoms with E-state index in [2.05, 4.69) is 52.5 Å². The van der Waals surface area contributed by atoms with E-state index in [1.54, 1.807) is 12.4 Å². The number of rotatable bonds is 9. The molecule has 4 aromatic rings. The third-order valence-electron chi connectivity index (χ3n) is 6.99. The van der Waals surface area contributed by atoms with Crippen LogP contribution in [0.4, 0.5) is 0 Å². The van der Waals surface area contributed by atoms with E-state index in [1.807, 2.05) is 68.4 Å². The molecule has 0 aliphatic rings. The minimum atomic E-state index is -0.676. The summed E-state index contributed by atoms with van der Waals surface area (Å²) in [5.74, 6) is 0.0576. The SMILES string of the molecule is CC(N[C@@H](c1ccc(-c2cncnc2)cc1)C(C)(C)C#N)C(Cc1ccc(Cl)cc1)c1cccc(C#N)c1. The van der Waals surface area contributed by atoms with Crippen LogP contribution in [-0.4, -0.2) is 16.0 Å². The highest BCUT2D eigenvalue weighted by molar-refractivity contribution is 6.30. The molecule has 0 spiro atoms. The number of benzene rings is 3. The van der Waals surface area contributed by atoms with E-state index in [9.17, 15) is 10.5 Å². The van der Waals surface area contributed by atoms with Crippen molar-refractivity contribution in [3.8, 4) is 23.3 Å². The molecule has 2 unspecified atom stereocenters. The Kier molecular flexibility index (Phi) is 8.54. The number of nitriles is 2. The molecule has 0 saturated carbocycles. The minimum absolute atomic E-state index is 0.0144. The summed E-state index contributed by atoms with van der Waals surface area (Å²) in [7, 11) is 0. The van der Waals surface area contributed by atoms with Gasteiger partial charge in [0.25, 0.3) is 0 Å². The van der Waals surface area contributed by atoms with E-state index >= 15 is 0 Å². The standard InChI is InChI=1S/C32H30ClN5/c1-22(30(16-23-7-13-29(33)14-8-23)27-6-4-5-24(15-27)17-34)38-31(32(2,3)20-35)26-11-9-25(10-12-26)28-18-36-21-37-19-28/h4-15,18-19,21-22,30-31,38H,16H2,1-3H3/t22?,30?,31-/m0/s1. The highest BCUT2D eigenvalue weighted by atomic mass is 35.5. The quantitative estimate of drug-likeness (QED) is 0.251. The lowest BCUT2D eigenvalue weighted by Gasteiger charge is -2.36. The number of hydrogen-bond donors (Lipinski definition) is 1. The van der Waals surface area contributed by atoms with Gasteiger partial charge in [0.2, 0.25) is 0 Å². The zero-order chi connectivity index (χ0) is 27.1. The average molecular weight is 520 g/mol. The third kappa shape index (κ3) is 6.45. The van der Waals surface area contributed by atoms with Crippen molar-refractivity contribution in [2.75, 3.05) is 0 Å². The van der Waals surface area contributed by atoms with Crippen LogP contribution in [0.2, 0.25) is 5.02 Å². The highest BCUT2D eigenvalue weighted by Gasteiger charge is 2.34. The first kappa shape index (κ1) is 27.0. The molecule has 0 amide bonds. The molecule has 1 aromatic heterocycles. The van der Waals surface area contributed by atoms with Crippen LogP contribution in [0.15, 0.2) is 91.5 Å². The van der Waals surface area contributed by atoms with Gasteiger partial charge in [0, 0.05) is 34.9 Å². The van der Waals surface area contributed by atoms with Crippen LogP contribution in [0, 0.1) is 28.1 Å². The number of nitrogens with one attached hydrogen (secondary N) is 1. The lowest BCUT2D eigenvalue weighted by molar-refractivity contribution is 0.281. The summed E-state index contributed by atoms with van der Waals surface area (Å²) in [4.78, 5) is 8.23. The summed E-state index contributed by atoms with van der Waals surface area (Å²) >= 11 is 6.13. The highest BCUT2D eigenvalue weighted by Crippen LogP contribution is 2.36.